The van der Waals surface area contributed by atoms with Crippen LogP contribution in [0.4, 0.5) is 10.5 Å². The predicted molar refractivity (Wildman–Crippen MR) is 127 cm³/mol. The molecule has 0 saturated carbocycles. The minimum Gasteiger partial charge on any atom is -0.493 e. The van der Waals surface area contributed by atoms with Gasteiger partial charge < -0.3 is 14.8 Å². The normalized spacial score (nSPS) is 15.9. The van der Waals surface area contributed by atoms with E-state index in [1.165, 1.54) is 5.56 Å². The molecule has 1 aliphatic heterocycles. The molecular weight excluding hydrogens is 402 g/mol. The fraction of sp³-hybridized carbons (Fsp3) is 0.269. The van der Waals surface area contributed by atoms with Gasteiger partial charge in [-0.25, -0.2) is 4.79 Å². The molecule has 1 aliphatic rings. The van der Waals surface area contributed by atoms with Gasteiger partial charge >= 0.3 is 6.03 Å². The Labute approximate surface area is 189 Å². The summed E-state index contributed by atoms with van der Waals surface area (Å²) in [6.45, 7) is 2.58. The van der Waals surface area contributed by atoms with Crippen LogP contribution in [0.15, 0.2) is 78.9 Å². The maximum atomic E-state index is 12.6. The number of amides is 2. The number of rotatable bonds is 7. The van der Waals surface area contributed by atoms with Crippen LogP contribution in [-0.4, -0.2) is 44.2 Å². The number of nitrogens with one attached hydrogen (secondary N) is 1. The van der Waals surface area contributed by atoms with E-state index in [1.807, 2.05) is 66.7 Å². The minimum absolute atomic E-state index is 0.0738. The summed E-state index contributed by atoms with van der Waals surface area (Å²) < 4.78 is 11.4. The number of likely N-dealkylation sites (tertiary alicyclic amines) is 1. The van der Waals surface area contributed by atoms with Crippen molar-refractivity contribution in [3.63, 3.8) is 0 Å². The molecule has 0 aliphatic carbocycles. The van der Waals surface area contributed by atoms with Gasteiger partial charge in [-0.3, -0.25) is 9.80 Å². The fourth-order valence-corrected chi connectivity index (χ4v) is 3.93. The third-order valence-electron chi connectivity index (χ3n) is 5.65. The first-order chi connectivity index (χ1) is 15.6. The summed E-state index contributed by atoms with van der Waals surface area (Å²) >= 11 is 0. The summed E-state index contributed by atoms with van der Waals surface area (Å²) in [6.07, 6.45) is 0.936. The van der Waals surface area contributed by atoms with Crippen LogP contribution in [0, 0.1) is 0 Å². The van der Waals surface area contributed by atoms with E-state index in [0.717, 1.165) is 37.5 Å². The Morgan fingerprint density at radius 1 is 1.03 bits per heavy atom. The van der Waals surface area contributed by atoms with Crippen molar-refractivity contribution in [1.82, 2.24) is 10.2 Å². The number of urea groups is 1. The summed E-state index contributed by atoms with van der Waals surface area (Å²) in [7, 11) is 3.43. The topological polar surface area (TPSA) is 54.0 Å². The highest BCUT2D eigenvalue weighted by atomic mass is 16.5. The Balaban J connectivity index is 1.32. The van der Waals surface area contributed by atoms with Crippen molar-refractivity contribution in [3.8, 4) is 17.2 Å². The third kappa shape index (κ3) is 5.39. The molecule has 1 N–H and O–H groups in total. The van der Waals surface area contributed by atoms with Crippen LogP contribution < -0.4 is 19.7 Å². The number of carbonyl (C=O) groups excluding carboxylic acids is 1. The van der Waals surface area contributed by atoms with E-state index < -0.39 is 0 Å². The van der Waals surface area contributed by atoms with Crippen LogP contribution in [0.3, 0.4) is 0 Å². The SMILES string of the molecule is COc1ccccc1Oc1cccc(CN2CCC(NC(=O)N(C)c3ccccc3)C2)c1. The van der Waals surface area contributed by atoms with Gasteiger partial charge in [-0.2, -0.15) is 0 Å². The first-order valence-electron chi connectivity index (χ1n) is 10.8. The molecular formula is C26H29N3O3. The highest BCUT2D eigenvalue weighted by molar-refractivity contribution is 5.91. The van der Waals surface area contributed by atoms with Crippen LogP contribution in [-0.2, 0) is 6.54 Å². The zero-order valence-corrected chi connectivity index (χ0v) is 18.5. The monoisotopic (exact) mass is 431 g/mol. The molecule has 1 saturated heterocycles. The van der Waals surface area contributed by atoms with Crippen molar-refractivity contribution in [2.45, 2.75) is 19.0 Å². The van der Waals surface area contributed by atoms with Gasteiger partial charge in [-0.15, -0.1) is 0 Å². The Morgan fingerprint density at radius 3 is 2.56 bits per heavy atom. The van der Waals surface area contributed by atoms with Crippen molar-refractivity contribution in [1.29, 1.82) is 0 Å². The molecule has 2 amide bonds. The van der Waals surface area contributed by atoms with Crippen LogP contribution in [0.5, 0.6) is 17.2 Å². The molecule has 1 atom stereocenters. The summed E-state index contributed by atoms with van der Waals surface area (Å²) in [5, 5.41) is 3.16. The van der Waals surface area contributed by atoms with E-state index in [1.54, 1.807) is 19.1 Å². The molecule has 0 spiro atoms. The van der Waals surface area contributed by atoms with Crippen molar-refractivity contribution in [2.24, 2.45) is 0 Å². The molecule has 166 valence electrons. The molecule has 0 bridgehead atoms. The van der Waals surface area contributed by atoms with Crippen LogP contribution in [0.25, 0.3) is 0 Å². The van der Waals surface area contributed by atoms with E-state index in [-0.39, 0.29) is 12.1 Å². The van der Waals surface area contributed by atoms with Crippen LogP contribution in [0.1, 0.15) is 12.0 Å². The molecule has 0 radical (unpaired) electrons. The Kier molecular flexibility index (Phi) is 6.92. The lowest BCUT2D eigenvalue weighted by Gasteiger charge is -2.22. The van der Waals surface area contributed by atoms with Gasteiger partial charge in [0.05, 0.1) is 7.11 Å². The number of nitrogens with zero attached hydrogens (tertiary/aromatic N) is 2. The lowest BCUT2D eigenvalue weighted by molar-refractivity contribution is 0.242. The molecule has 1 heterocycles. The Hall–Kier alpha value is -3.51. The van der Waals surface area contributed by atoms with Crippen molar-refractivity contribution < 1.29 is 14.3 Å². The summed E-state index contributed by atoms with van der Waals surface area (Å²) in [5.74, 6) is 2.18. The third-order valence-corrected chi connectivity index (χ3v) is 5.65. The number of para-hydroxylation sites is 3. The van der Waals surface area contributed by atoms with E-state index in [0.29, 0.717) is 11.5 Å². The van der Waals surface area contributed by atoms with Gasteiger partial charge in [0, 0.05) is 38.4 Å². The number of hydrogen-bond donors (Lipinski definition) is 1. The predicted octanol–water partition coefficient (Wildman–Crippen LogP) is 4.91. The molecule has 6 heteroatoms. The summed E-state index contributed by atoms with van der Waals surface area (Å²) in [6, 6.07) is 25.5. The second kappa shape index (κ2) is 10.2. The molecule has 6 nitrogen and oxygen atoms in total. The van der Waals surface area contributed by atoms with Crippen molar-refractivity contribution >= 4 is 11.7 Å². The fourth-order valence-electron chi connectivity index (χ4n) is 3.93. The van der Waals surface area contributed by atoms with Gasteiger partial charge in [0.25, 0.3) is 0 Å². The highest BCUT2D eigenvalue weighted by Gasteiger charge is 2.25. The van der Waals surface area contributed by atoms with Crippen molar-refractivity contribution in [2.75, 3.05) is 32.1 Å². The molecule has 4 rings (SSSR count). The molecule has 32 heavy (non-hydrogen) atoms. The van der Waals surface area contributed by atoms with Gasteiger partial charge in [-0.1, -0.05) is 42.5 Å². The van der Waals surface area contributed by atoms with Gasteiger partial charge in [0.1, 0.15) is 5.75 Å². The standard InChI is InChI=1S/C26H29N3O3/c1-28(22-10-4-3-5-11-22)26(30)27-21-15-16-29(19-21)18-20-9-8-12-23(17-20)32-25-14-7-6-13-24(25)31-2/h3-14,17,21H,15-16,18-19H2,1-2H3,(H,27,30). The average molecular weight is 432 g/mol. The van der Waals surface area contributed by atoms with E-state index in [4.69, 9.17) is 9.47 Å². The van der Waals surface area contributed by atoms with E-state index in [2.05, 4.69) is 22.3 Å². The van der Waals surface area contributed by atoms with E-state index >= 15 is 0 Å². The Morgan fingerprint density at radius 2 is 1.78 bits per heavy atom. The van der Waals surface area contributed by atoms with E-state index in [9.17, 15) is 4.79 Å². The number of hydrogen-bond acceptors (Lipinski definition) is 4. The smallest absolute Gasteiger partial charge is 0.321 e. The average Bonchev–Trinajstić information content (AvgIpc) is 3.26. The summed E-state index contributed by atoms with van der Waals surface area (Å²) in [5.41, 5.74) is 2.05. The number of methoxy groups -OCH3 is 1. The first kappa shape index (κ1) is 21.7. The molecule has 1 fully saturated rings. The number of anilines is 1. The zero-order chi connectivity index (χ0) is 22.3. The summed E-state index contributed by atoms with van der Waals surface area (Å²) in [4.78, 5) is 16.6. The minimum atomic E-state index is -0.0738. The largest absolute Gasteiger partial charge is 0.493 e. The van der Waals surface area contributed by atoms with Crippen LogP contribution in [0.2, 0.25) is 0 Å². The van der Waals surface area contributed by atoms with Crippen molar-refractivity contribution in [3.05, 3.63) is 84.4 Å². The highest BCUT2D eigenvalue weighted by Crippen LogP contribution is 2.31. The Bertz CT molecular complexity index is 1040. The molecule has 1 unspecified atom stereocenters. The van der Waals surface area contributed by atoms with Gasteiger partial charge in [0.15, 0.2) is 11.5 Å². The molecule has 3 aromatic carbocycles. The van der Waals surface area contributed by atoms with Crippen LogP contribution >= 0.6 is 0 Å². The number of ether oxygens (including phenoxy) is 2. The molecule has 0 aromatic heterocycles. The van der Waals surface area contributed by atoms with Gasteiger partial charge in [-0.05, 0) is 48.4 Å². The second-order valence-electron chi connectivity index (χ2n) is 7.97. The van der Waals surface area contributed by atoms with Gasteiger partial charge in [0.2, 0.25) is 0 Å². The number of benzene rings is 3. The maximum absolute atomic E-state index is 12.6. The molecule has 3 aromatic rings. The lowest BCUT2D eigenvalue weighted by Crippen LogP contribution is -2.44. The maximum Gasteiger partial charge on any atom is 0.321 e. The first-order valence-corrected chi connectivity index (χ1v) is 10.8. The number of carbonyl (C=O) groups is 1. The zero-order valence-electron chi connectivity index (χ0n) is 18.5. The second-order valence-corrected chi connectivity index (χ2v) is 7.97. The quantitative estimate of drug-likeness (QED) is 0.578. The lowest BCUT2D eigenvalue weighted by atomic mass is 10.2.